The third kappa shape index (κ3) is 4.72. The summed E-state index contributed by atoms with van der Waals surface area (Å²) >= 11 is 0. The summed E-state index contributed by atoms with van der Waals surface area (Å²) in [6.07, 6.45) is 0. The highest BCUT2D eigenvalue weighted by Crippen LogP contribution is 2.24. The van der Waals surface area contributed by atoms with Crippen LogP contribution in [0, 0.1) is 20.8 Å². The molecule has 27 heavy (non-hydrogen) atoms. The Hall–Kier alpha value is -2.71. The largest absolute Gasteiger partial charge is 0.326 e. The van der Waals surface area contributed by atoms with Crippen LogP contribution in [0.3, 0.4) is 0 Å². The molecule has 0 aliphatic heterocycles. The zero-order chi connectivity index (χ0) is 20.4. The summed E-state index contributed by atoms with van der Waals surface area (Å²) in [5.74, 6) is -0.652. The van der Waals surface area contributed by atoms with Gasteiger partial charge in [0.1, 0.15) is 0 Å². The second-order valence-electron chi connectivity index (χ2n) is 6.29. The SMILES string of the molecule is CNS(=O)(=O)c1cc(C(=O)Nc2cc(NC(C)=O)ccc2C)cc(C)c1C. The molecule has 0 aliphatic rings. The fourth-order valence-electron chi connectivity index (χ4n) is 2.58. The number of hydrogen-bond acceptors (Lipinski definition) is 4. The first-order valence-corrected chi connectivity index (χ1v) is 9.78. The van der Waals surface area contributed by atoms with E-state index in [2.05, 4.69) is 15.4 Å². The molecule has 0 heterocycles. The van der Waals surface area contributed by atoms with Crippen LogP contribution in [0.2, 0.25) is 0 Å². The van der Waals surface area contributed by atoms with Crippen LogP contribution in [0.1, 0.15) is 34.0 Å². The van der Waals surface area contributed by atoms with Crippen LogP contribution in [0.15, 0.2) is 35.2 Å². The molecule has 0 fully saturated rings. The Labute approximate surface area is 159 Å². The molecule has 0 saturated carbocycles. The Morgan fingerprint density at radius 3 is 2.19 bits per heavy atom. The summed E-state index contributed by atoms with van der Waals surface area (Å²) in [4.78, 5) is 24.0. The van der Waals surface area contributed by atoms with Gasteiger partial charge in [0.25, 0.3) is 5.91 Å². The van der Waals surface area contributed by atoms with Crippen LogP contribution >= 0.6 is 0 Å². The van der Waals surface area contributed by atoms with Crippen LogP contribution in [0.5, 0.6) is 0 Å². The molecule has 2 aromatic rings. The van der Waals surface area contributed by atoms with Crippen molar-refractivity contribution >= 4 is 33.2 Å². The Balaban J connectivity index is 2.41. The first-order chi connectivity index (χ1) is 12.5. The van der Waals surface area contributed by atoms with Crippen LogP contribution in [-0.2, 0) is 14.8 Å². The van der Waals surface area contributed by atoms with Gasteiger partial charge in [-0.1, -0.05) is 6.07 Å². The second-order valence-corrected chi connectivity index (χ2v) is 8.14. The van der Waals surface area contributed by atoms with Crippen molar-refractivity contribution < 1.29 is 18.0 Å². The minimum absolute atomic E-state index is 0.0684. The predicted octanol–water partition coefficient (Wildman–Crippen LogP) is 2.73. The van der Waals surface area contributed by atoms with Gasteiger partial charge in [0.2, 0.25) is 15.9 Å². The molecule has 2 aromatic carbocycles. The van der Waals surface area contributed by atoms with E-state index in [4.69, 9.17) is 0 Å². The quantitative estimate of drug-likeness (QED) is 0.731. The monoisotopic (exact) mass is 389 g/mol. The standard InChI is InChI=1S/C19H23N3O4S/c1-11-6-7-16(21-14(4)23)10-17(11)22-19(24)15-8-12(2)13(3)18(9-15)27(25,26)20-5/h6-10,20H,1-5H3,(H,21,23)(H,22,24). The van der Waals surface area contributed by atoms with Crippen LogP contribution < -0.4 is 15.4 Å². The van der Waals surface area contributed by atoms with Crippen molar-refractivity contribution in [3.63, 3.8) is 0 Å². The van der Waals surface area contributed by atoms with Gasteiger partial charge in [-0.25, -0.2) is 13.1 Å². The van der Waals surface area contributed by atoms with E-state index < -0.39 is 15.9 Å². The number of benzene rings is 2. The average molecular weight is 389 g/mol. The van der Waals surface area contributed by atoms with E-state index in [9.17, 15) is 18.0 Å². The van der Waals surface area contributed by atoms with Gasteiger partial charge in [-0.2, -0.15) is 0 Å². The minimum atomic E-state index is -3.69. The van der Waals surface area contributed by atoms with Crippen molar-refractivity contribution in [3.8, 4) is 0 Å². The van der Waals surface area contributed by atoms with Crippen molar-refractivity contribution in [1.82, 2.24) is 4.72 Å². The molecule has 0 bridgehead atoms. The zero-order valence-electron chi connectivity index (χ0n) is 15.9. The number of nitrogens with one attached hydrogen (secondary N) is 3. The normalized spacial score (nSPS) is 11.1. The summed E-state index contributed by atoms with van der Waals surface area (Å²) in [7, 11) is -2.36. The van der Waals surface area contributed by atoms with Gasteiger partial charge in [-0.05, 0) is 68.8 Å². The summed E-state index contributed by atoms with van der Waals surface area (Å²) in [6.45, 7) is 6.67. The molecule has 7 nitrogen and oxygen atoms in total. The molecular formula is C19H23N3O4S. The maximum atomic E-state index is 12.7. The van der Waals surface area contributed by atoms with Crippen LogP contribution in [-0.4, -0.2) is 27.3 Å². The van der Waals surface area contributed by atoms with Crippen molar-refractivity contribution in [2.45, 2.75) is 32.6 Å². The van der Waals surface area contributed by atoms with Gasteiger partial charge in [0.15, 0.2) is 0 Å². The molecule has 144 valence electrons. The smallest absolute Gasteiger partial charge is 0.255 e. The highest BCUT2D eigenvalue weighted by atomic mass is 32.2. The lowest BCUT2D eigenvalue weighted by Crippen LogP contribution is -2.21. The average Bonchev–Trinajstić information content (AvgIpc) is 2.59. The van der Waals surface area contributed by atoms with E-state index in [1.54, 1.807) is 38.1 Å². The van der Waals surface area contributed by atoms with E-state index in [0.717, 1.165) is 5.56 Å². The molecule has 0 aliphatic carbocycles. The van der Waals surface area contributed by atoms with Crippen LogP contribution in [0.4, 0.5) is 11.4 Å². The molecular weight excluding hydrogens is 366 g/mol. The van der Waals surface area contributed by atoms with Crippen molar-refractivity contribution in [3.05, 3.63) is 52.6 Å². The van der Waals surface area contributed by atoms with Crippen LogP contribution in [0.25, 0.3) is 0 Å². The third-order valence-electron chi connectivity index (χ3n) is 4.25. The maximum absolute atomic E-state index is 12.7. The first-order valence-electron chi connectivity index (χ1n) is 8.29. The molecule has 8 heteroatoms. The molecule has 0 aromatic heterocycles. The van der Waals surface area contributed by atoms with E-state index >= 15 is 0 Å². The molecule has 0 unspecified atom stereocenters. The number of rotatable bonds is 5. The summed E-state index contributed by atoms with van der Waals surface area (Å²) in [5.41, 5.74) is 3.41. The number of carbonyl (C=O) groups is 2. The van der Waals surface area contributed by atoms with Crippen molar-refractivity contribution in [2.24, 2.45) is 0 Å². The molecule has 0 atom stereocenters. The maximum Gasteiger partial charge on any atom is 0.255 e. The Bertz CT molecular complexity index is 1010. The zero-order valence-corrected chi connectivity index (χ0v) is 16.7. The number of carbonyl (C=O) groups excluding carboxylic acids is 2. The minimum Gasteiger partial charge on any atom is -0.326 e. The fraction of sp³-hybridized carbons (Fsp3) is 0.263. The van der Waals surface area contributed by atoms with Crippen molar-refractivity contribution in [1.29, 1.82) is 0 Å². The van der Waals surface area contributed by atoms with Gasteiger partial charge >= 0.3 is 0 Å². The molecule has 0 spiro atoms. The molecule has 2 rings (SSSR count). The molecule has 0 saturated heterocycles. The second kappa shape index (κ2) is 7.89. The lowest BCUT2D eigenvalue weighted by molar-refractivity contribution is -0.114. The predicted molar refractivity (Wildman–Crippen MR) is 106 cm³/mol. The summed E-state index contributed by atoms with van der Waals surface area (Å²) in [6, 6.07) is 8.17. The Morgan fingerprint density at radius 1 is 0.926 bits per heavy atom. The summed E-state index contributed by atoms with van der Waals surface area (Å²) in [5, 5.41) is 5.44. The number of sulfonamides is 1. The molecule has 3 N–H and O–H groups in total. The lowest BCUT2D eigenvalue weighted by atomic mass is 10.1. The van der Waals surface area contributed by atoms with E-state index in [1.165, 1.54) is 20.0 Å². The van der Waals surface area contributed by atoms with Gasteiger partial charge < -0.3 is 10.6 Å². The number of aryl methyl sites for hydroxylation is 2. The van der Waals surface area contributed by atoms with Gasteiger partial charge in [-0.3, -0.25) is 9.59 Å². The van der Waals surface area contributed by atoms with Gasteiger partial charge in [0.05, 0.1) is 4.90 Å². The Morgan fingerprint density at radius 2 is 1.59 bits per heavy atom. The van der Waals surface area contributed by atoms with Gasteiger partial charge in [0, 0.05) is 23.9 Å². The third-order valence-corrected chi connectivity index (χ3v) is 5.79. The Kier molecular flexibility index (Phi) is 6.02. The number of hydrogen-bond donors (Lipinski definition) is 3. The summed E-state index contributed by atoms with van der Waals surface area (Å²) < 4.78 is 26.7. The number of anilines is 2. The lowest BCUT2D eigenvalue weighted by Gasteiger charge is -2.14. The first kappa shape index (κ1) is 20.6. The molecule has 0 radical (unpaired) electrons. The number of amides is 2. The highest BCUT2D eigenvalue weighted by molar-refractivity contribution is 7.89. The van der Waals surface area contributed by atoms with E-state index in [1.807, 2.05) is 6.92 Å². The van der Waals surface area contributed by atoms with E-state index in [-0.39, 0.29) is 16.4 Å². The van der Waals surface area contributed by atoms with Gasteiger partial charge in [-0.15, -0.1) is 0 Å². The van der Waals surface area contributed by atoms with Crippen molar-refractivity contribution in [2.75, 3.05) is 17.7 Å². The highest BCUT2D eigenvalue weighted by Gasteiger charge is 2.19. The fourth-order valence-corrected chi connectivity index (χ4v) is 3.65. The topological polar surface area (TPSA) is 104 Å². The molecule has 2 amide bonds. The van der Waals surface area contributed by atoms with E-state index in [0.29, 0.717) is 22.5 Å².